The average molecular weight is 250 g/mol. The summed E-state index contributed by atoms with van der Waals surface area (Å²) >= 11 is 0. The van der Waals surface area contributed by atoms with Crippen LogP contribution in [0.3, 0.4) is 0 Å². The maximum atomic E-state index is 9.11. The molecular formula is C14H22N2O2. The molecule has 0 saturated carbocycles. The molecule has 2 heterocycles. The normalized spacial score (nSPS) is 24.3. The molecule has 1 atom stereocenters. The third-order valence-corrected chi connectivity index (χ3v) is 3.74. The minimum Gasteiger partial charge on any atom is -0.392 e. The van der Waals surface area contributed by atoms with E-state index in [1.54, 1.807) is 13.3 Å². The molecule has 4 nitrogen and oxygen atoms in total. The van der Waals surface area contributed by atoms with Gasteiger partial charge in [0.1, 0.15) is 5.82 Å². The highest BCUT2D eigenvalue weighted by atomic mass is 16.5. The number of aliphatic hydroxyl groups is 1. The van der Waals surface area contributed by atoms with Crippen molar-refractivity contribution in [3.8, 4) is 0 Å². The van der Waals surface area contributed by atoms with Gasteiger partial charge in [0.05, 0.1) is 12.2 Å². The molecule has 4 heteroatoms. The van der Waals surface area contributed by atoms with Crippen molar-refractivity contribution in [1.82, 2.24) is 4.98 Å². The quantitative estimate of drug-likeness (QED) is 0.890. The fraction of sp³-hybridized carbons (Fsp3) is 0.643. The first-order valence-electron chi connectivity index (χ1n) is 6.44. The summed E-state index contributed by atoms with van der Waals surface area (Å²) in [6.07, 6.45) is 3.96. The first-order chi connectivity index (χ1) is 8.58. The molecule has 1 aliphatic heterocycles. The highest BCUT2D eigenvalue weighted by Crippen LogP contribution is 2.28. The van der Waals surface area contributed by atoms with Gasteiger partial charge in [0.2, 0.25) is 0 Å². The van der Waals surface area contributed by atoms with E-state index in [1.807, 2.05) is 13.0 Å². The molecule has 1 fully saturated rings. The second kappa shape index (κ2) is 5.24. The van der Waals surface area contributed by atoms with Gasteiger partial charge >= 0.3 is 0 Å². The molecule has 1 aromatic rings. The van der Waals surface area contributed by atoms with E-state index >= 15 is 0 Å². The third-order valence-electron chi connectivity index (χ3n) is 3.74. The molecule has 18 heavy (non-hydrogen) atoms. The number of anilines is 1. The molecule has 2 rings (SSSR count). The number of aryl methyl sites for hydroxylation is 1. The van der Waals surface area contributed by atoms with Crippen LogP contribution in [0.15, 0.2) is 12.3 Å². The zero-order chi connectivity index (χ0) is 13.2. The van der Waals surface area contributed by atoms with E-state index in [4.69, 9.17) is 9.84 Å². The molecular weight excluding hydrogens is 228 g/mol. The molecule has 1 aromatic heterocycles. The van der Waals surface area contributed by atoms with Gasteiger partial charge in [0, 0.05) is 26.4 Å². The number of methoxy groups -OCH3 is 1. The van der Waals surface area contributed by atoms with E-state index in [0.717, 1.165) is 42.9 Å². The van der Waals surface area contributed by atoms with Gasteiger partial charge in [-0.3, -0.25) is 0 Å². The van der Waals surface area contributed by atoms with E-state index in [9.17, 15) is 0 Å². The topological polar surface area (TPSA) is 45.6 Å². The van der Waals surface area contributed by atoms with Crippen molar-refractivity contribution in [1.29, 1.82) is 0 Å². The van der Waals surface area contributed by atoms with Gasteiger partial charge in [-0.05, 0) is 43.9 Å². The van der Waals surface area contributed by atoms with Crippen LogP contribution in [0.1, 0.15) is 30.9 Å². The van der Waals surface area contributed by atoms with Crippen LogP contribution in [-0.2, 0) is 11.3 Å². The van der Waals surface area contributed by atoms with Crippen molar-refractivity contribution in [2.24, 2.45) is 0 Å². The van der Waals surface area contributed by atoms with Gasteiger partial charge in [-0.2, -0.15) is 0 Å². The van der Waals surface area contributed by atoms with E-state index in [1.165, 1.54) is 0 Å². The highest BCUT2D eigenvalue weighted by Gasteiger charge is 2.31. The smallest absolute Gasteiger partial charge is 0.131 e. The lowest BCUT2D eigenvalue weighted by atomic mass is 9.94. The average Bonchev–Trinajstić information content (AvgIpc) is 2.38. The third kappa shape index (κ3) is 2.65. The Labute approximate surface area is 109 Å². The number of piperidine rings is 1. The number of aromatic nitrogens is 1. The van der Waals surface area contributed by atoms with Crippen LogP contribution < -0.4 is 4.90 Å². The highest BCUT2D eigenvalue weighted by molar-refractivity contribution is 5.48. The minimum absolute atomic E-state index is 0.0455. The number of hydrogen-bond acceptors (Lipinski definition) is 4. The molecule has 0 bridgehead atoms. The summed E-state index contributed by atoms with van der Waals surface area (Å²) in [6, 6.07) is 2.00. The zero-order valence-corrected chi connectivity index (χ0v) is 11.4. The van der Waals surface area contributed by atoms with Gasteiger partial charge in [-0.15, -0.1) is 0 Å². The molecule has 100 valence electrons. The first-order valence-corrected chi connectivity index (χ1v) is 6.44. The number of hydrogen-bond donors (Lipinski definition) is 1. The second-order valence-corrected chi connectivity index (χ2v) is 5.32. The molecule has 1 saturated heterocycles. The van der Waals surface area contributed by atoms with Crippen molar-refractivity contribution in [3.63, 3.8) is 0 Å². The molecule has 1 aliphatic rings. The lowest BCUT2D eigenvalue weighted by Crippen LogP contribution is -2.48. The summed E-state index contributed by atoms with van der Waals surface area (Å²) in [7, 11) is 1.78. The van der Waals surface area contributed by atoms with Gasteiger partial charge in [-0.25, -0.2) is 4.98 Å². The summed E-state index contributed by atoms with van der Waals surface area (Å²) in [5.74, 6) is 1.01. The number of ether oxygens (including phenoxy) is 1. The molecule has 0 aromatic carbocycles. The van der Waals surface area contributed by atoms with E-state index in [2.05, 4.69) is 16.8 Å². The van der Waals surface area contributed by atoms with Crippen LogP contribution in [0.4, 0.5) is 5.82 Å². The van der Waals surface area contributed by atoms with Crippen LogP contribution in [0, 0.1) is 6.92 Å². The number of pyridine rings is 1. The van der Waals surface area contributed by atoms with Gasteiger partial charge in [0.25, 0.3) is 0 Å². The molecule has 1 unspecified atom stereocenters. The van der Waals surface area contributed by atoms with Gasteiger partial charge in [0.15, 0.2) is 0 Å². The van der Waals surface area contributed by atoms with E-state index in [0.29, 0.717) is 0 Å². The maximum Gasteiger partial charge on any atom is 0.131 e. The van der Waals surface area contributed by atoms with Crippen molar-refractivity contribution in [3.05, 3.63) is 23.4 Å². The number of rotatable bonds is 3. The van der Waals surface area contributed by atoms with Crippen LogP contribution in [0.5, 0.6) is 0 Å². The van der Waals surface area contributed by atoms with Crippen molar-refractivity contribution < 1.29 is 9.84 Å². The maximum absolute atomic E-state index is 9.11. The Hall–Kier alpha value is -1.13. The fourth-order valence-electron chi connectivity index (χ4n) is 2.60. The Bertz CT molecular complexity index is 422. The van der Waals surface area contributed by atoms with Crippen LogP contribution in [0.25, 0.3) is 0 Å². The molecule has 0 amide bonds. The standard InChI is InChI=1S/C14H22N2O2/c1-11-7-12(9-17)8-15-13(11)16-6-4-5-14(2,10-16)18-3/h7-8,17H,4-6,9-10H2,1-3H3. The Balaban J connectivity index is 2.21. The van der Waals surface area contributed by atoms with Crippen molar-refractivity contribution >= 4 is 5.82 Å². The van der Waals surface area contributed by atoms with Crippen LogP contribution >= 0.6 is 0 Å². The van der Waals surface area contributed by atoms with Crippen LogP contribution in [-0.4, -0.2) is 35.9 Å². The lowest BCUT2D eigenvalue weighted by molar-refractivity contribution is -0.00483. The van der Waals surface area contributed by atoms with Gasteiger partial charge in [-0.1, -0.05) is 0 Å². The number of nitrogens with zero attached hydrogens (tertiary/aromatic N) is 2. The van der Waals surface area contributed by atoms with Crippen molar-refractivity contribution in [2.75, 3.05) is 25.1 Å². The molecule has 0 aliphatic carbocycles. The summed E-state index contributed by atoms with van der Waals surface area (Å²) in [5.41, 5.74) is 1.90. The Morgan fingerprint density at radius 1 is 1.56 bits per heavy atom. The minimum atomic E-state index is -0.0813. The Morgan fingerprint density at radius 2 is 2.33 bits per heavy atom. The summed E-state index contributed by atoms with van der Waals surface area (Å²) in [5, 5.41) is 9.11. The second-order valence-electron chi connectivity index (χ2n) is 5.32. The first kappa shape index (κ1) is 13.3. The fourth-order valence-corrected chi connectivity index (χ4v) is 2.60. The SMILES string of the molecule is COC1(C)CCCN(c2ncc(CO)cc2C)C1. The predicted molar refractivity (Wildman–Crippen MR) is 71.8 cm³/mol. The Kier molecular flexibility index (Phi) is 3.88. The monoisotopic (exact) mass is 250 g/mol. The van der Waals surface area contributed by atoms with Gasteiger partial charge < -0.3 is 14.7 Å². The van der Waals surface area contributed by atoms with E-state index in [-0.39, 0.29) is 12.2 Å². The van der Waals surface area contributed by atoms with Crippen LogP contribution in [0.2, 0.25) is 0 Å². The molecule has 0 spiro atoms. The lowest BCUT2D eigenvalue weighted by Gasteiger charge is -2.40. The molecule has 1 N–H and O–H groups in total. The summed E-state index contributed by atoms with van der Waals surface area (Å²) in [6.45, 7) is 6.13. The summed E-state index contributed by atoms with van der Waals surface area (Å²) < 4.78 is 5.61. The van der Waals surface area contributed by atoms with E-state index < -0.39 is 0 Å². The Morgan fingerprint density at radius 3 is 2.94 bits per heavy atom. The van der Waals surface area contributed by atoms with Crippen molar-refractivity contribution in [2.45, 2.75) is 38.9 Å². The largest absolute Gasteiger partial charge is 0.392 e. The predicted octanol–water partition coefficient (Wildman–Crippen LogP) is 1.89. The molecule has 0 radical (unpaired) electrons. The zero-order valence-electron chi connectivity index (χ0n) is 11.4. The number of aliphatic hydroxyl groups excluding tert-OH is 1. The summed E-state index contributed by atoms with van der Waals surface area (Å²) in [4.78, 5) is 6.76.